The minimum atomic E-state index is -0.721. The highest BCUT2D eigenvalue weighted by molar-refractivity contribution is 5.73. The zero-order valence-corrected chi connectivity index (χ0v) is 9.32. The van der Waals surface area contributed by atoms with Gasteiger partial charge in [-0.25, -0.2) is 0 Å². The van der Waals surface area contributed by atoms with Crippen LogP contribution in [0.5, 0.6) is 0 Å². The maximum absolute atomic E-state index is 11.1. The molecule has 1 heterocycles. The van der Waals surface area contributed by atoms with E-state index in [1.807, 2.05) is 0 Å². The molecule has 15 heavy (non-hydrogen) atoms. The van der Waals surface area contributed by atoms with Crippen molar-refractivity contribution in [1.29, 1.82) is 0 Å². The van der Waals surface area contributed by atoms with Crippen LogP contribution in [0.25, 0.3) is 0 Å². The molecular weight excluding hydrogens is 192 g/mol. The first-order chi connectivity index (χ1) is 7.25. The van der Waals surface area contributed by atoms with Crippen LogP contribution in [0, 0.1) is 0 Å². The van der Waals surface area contributed by atoms with Gasteiger partial charge < -0.3 is 10.8 Å². The van der Waals surface area contributed by atoms with Crippen molar-refractivity contribution in [1.82, 2.24) is 4.90 Å². The third-order valence-corrected chi connectivity index (χ3v) is 3.06. The number of rotatable bonds is 4. The fourth-order valence-corrected chi connectivity index (χ4v) is 2.20. The highest BCUT2D eigenvalue weighted by Gasteiger charge is 2.24. The monoisotopic (exact) mass is 214 g/mol. The number of likely N-dealkylation sites (tertiary alicyclic amines) is 1. The summed E-state index contributed by atoms with van der Waals surface area (Å²) >= 11 is 0. The van der Waals surface area contributed by atoms with Gasteiger partial charge in [-0.1, -0.05) is 19.3 Å². The van der Waals surface area contributed by atoms with Crippen LogP contribution in [0.1, 0.15) is 38.5 Å². The minimum absolute atomic E-state index is 0.368. The van der Waals surface area contributed by atoms with E-state index in [0.29, 0.717) is 13.0 Å². The first-order valence-electron chi connectivity index (χ1n) is 5.92. The molecule has 0 amide bonds. The van der Waals surface area contributed by atoms with Gasteiger partial charge in [0, 0.05) is 0 Å². The van der Waals surface area contributed by atoms with Gasteiger partial charge in [0.15, 0.2) is 0 Å². The molecule has 1 fully saturated rings. The molecule has 0 spiro atoms. The quantitative estimate of drug-likeness (QED) is 0.734. The van der Waals surface area contributed by atoms with E-state index in [1.165, 1.54) is 19.3 Å². The number of hydrogen-bond donors (Lipinski definition) is 2. The van der Waals surface area contributed by atoms with Crippen molar-refractivity contribution in [3.63, 3.8) is 0 Å². The summed E-state index contributed by atoms with van der Waals surface area (Å²) in [6.07, 6.45) is 6.55. The zero-order valence-electron chi connectivity index (χ0n) is 9.32. The number of hydrogen-bond acceptors (Lipinski definition) is 3. The molecule has 0 aliphatic carbocycles. The van der Waals surface area contributed by atoms with Gasteiger partial charge in [0.1, 0.15) is 6.04 Å². The van der Waals surface area contributed by atoms with Gasteiger partial charge in [-0.05, 0) is 38.9 Å². The van der Waals surface area contributed by atoms with Gasteiger partial charge in [0.2, 0.25) is 0 Å². The standard InChI is InChI=1S/C11H22N2O2/c12-7-6-10(11(14)15)13-8-4-2-1-3-5-9-13/h10H,1-9,12H2,(H,14,15). The van der Waals surface area contributed by atoms with Gasteiger partial charge >= 0.3 is 5.97 Å². The molecule has 1 saturated heterocycles. The van der Waals surface area contributed by atoms with Crippen molar-refractivity contribution in [3.8, 4) is 0 Å². The summed E-state index contributed by atoms with van der Waals surface area (Å²) in [6, 6.07) is -0.368. The van der Waals surface area contributed by atoms with E-state index in [2.05, 4.69) is 4.90 Å². The zero-order chi connectivity index (χ0) is 11.1. The van der Waals surface area contributed by atoms with Crippen LogP contribution < -0.4 is 5.73 Å². The summed E-state index contributed by atoms with van der Waals surface area (Å²) in [7, 11) is 0. The second kappa shape index (κ2) is 6.80. The molecular formula is C11H22N2O2. The number of nitrogens with zero attached hydrogens (tertiary/aromatic N) is 1. The lowest BCUT2D eigenvalue weighted by molar-refractivity contribution is -0.143. The average Bonchev–Trinajstić information content (AvgIpc) is 2.14. The number of carboxylic acid groups (broad SMARTS) is 1. The van der Waals surface area contributed by atoms with Crippen molar-refractivity contribution in [2.75, 3.05) is 19.6 Å². The molecule has 3 N–H and O–H groups in total. The lowest BCUT2D eigenvalue weighted by atomic mass is 10.1. The summed E-state index contributed by atoms with van der Waals surface area (Å²) in [5, 5.41) is 9.12. The Labute approximate surface area is 91.4 Å². The molecule has 1 unspecified atom stereocenters. The third kappa shape index (κ3) is 4.18. The van der Waals surface area contributed by atoms with Crippen LogP contribution in [0.15, 0.2) is 0 Å². The Morgan fingerprint density at radius 1 is 1.20 bits per heavy atom. The van der Waals surface area contributed by atoms with Crippen molar-refractivity contribution in [3.05, 3.63) is 0 Å². The molecule has 1 atom stereocenters. The molecule has 0 bridgehead atoms. The molecule has 0 radical (unpaired) electrons. The molecule has 0 saturated carbocycles. The predicted molar refractivity (Wildman–Crippen MR) is 59.8 cm³/mol. The smallest absolute Gasteiger partial charge is 0.320 e. The maximum Gasteiger partial charge on any atom is 0.320 e. The van der Waals surface area contributed by atoms with Crippen LogP contribution in [-0.2, 0) is 4.79 Å². The Hall–Kier alpha value is -0.610. The van der Waals surface area contributed by atoms with E-state index in [0.717, 1.165) is 25.9 Å². The van der Waals surface area contributed by atoms with Crippen molar-refractivity contribution in [2.24, 2.45) is 5.73 Å². The Bertz CT molecular complexity index is 189. The summed E-state index contributed by atoms with van der Waals surface area (Å²) in [5.74, 6) is -0.721. The van der Waals surface area contributed by atoms with E-state index < -0.39 is 5.97 Å². The summed E-state index contributed by atoms with van der Waals surface area (Å²) < 4.78 is 0. The Kier molecular flexibility index (Phi) is 5.65. The lowest BCUT2D eigenvalue weighted by Crippen LogP contribution is -2.44. The van der Waals surface area contributed by atoms with Crippen molar-refractivity contribution < 1.29 is 9.90 Å². The molecule has 88 valence electrons. The maximum atomic E-state index is 11.1. The molecule has 1 rings (SSSR count). The highest BCUT2D eigenvalue weighted by Crippen LogP contribution is 2.14. The van der Waals surface area contributed by atoms with Gasteiger partial charge in [-0.2, -0.15) is 0 Å². The van der Waals surface area contributed by atoms with Crippen LogP contribution in [0.2, 0.25) is 0 Å². The predicted octanol–water partition coefficient (Wildman–Crippen LogP) is 1.05. The fourth-order valence-electron chi connectivity index (χ4n) is 2.20. The summed E-state index contributed by atoms with van der Waals surface area (Å²) in [6.45, 7) is 2.28. The minimum Gasteiger partial charge on any atom is -0.480 e. The lowest BCUT2D eigenvalue weighted by Gasteiger charge is -2.30. The van der Waals surface area contributed by atoms with Gasteiger partial charge in [0.25, 0.3) is 0 Å². The average molecular weight is 214 g/mol. The van der Waals surface area contributed by atoms with Crippen LogP contribution in [0.3, 0.4) is 0 Å². The molecule has 0 aromatic carbocycles. The van der Waals surface area contributed by atoms with Gasteiger partial charge in [0.05, 0.1) is 0 Å². The van der Waals surface area contributed by atoms with Crippen LogP contribution in [-0.4, -0.2) is 41.7 Å². The van der Waals surface area contributed by atoms with E-state index >= 15 is 0 Å². The number of nitrogens with two attached hydrogens (primary N) is 1. The van der Waals surface area contributed by atoms with E-state index in [-0.39, 0.29) is 6.04 Å². The third-order valence-electron chi connectivity index (χ3n) is 3.06. The van der Waals surface area contributed by atoms with E-state index in [1.54, 1.807) is 0 Å². The molecule has 4 heteroatoms. The van der Waals surface area contributed by atoms with Gasteiger partial charge in [-0.15, -0.1) is 0 Å². The number of carbonyl (C=O) groups is 1. The number of aliphatic carboxylic acids is 1. The topological polar surface area (TPSA) is 66.6 Å². The second-order valence-electron chi connectivity index (χ2n) is 4.24. The van der Waals surface area contributed by atoms with Crippen molar-refractivity contribution in [2.45, 2.75) is 44.6 Å². The Morgan fingerprint density at radius 2 is 1.73 bits per heavy atom. The van der Waals surface area contributed by atoms with Crippen LogP contribution in [0.4, 0.5) is 0 Å². The van der Waals surface area contributed by atoms with Crippen LogP contribution >= 0.6 is 0 Å². The molecule has 4 nitrogen and oxygen atoms in total. The second-order valence-corrected chi connectivity index (χ2v) is 4.24. The molecule has 1 aliphatic heterocycles. The normalized spacial score (nSPS) is 21.7. The SMILES string of the molecule is NCCC(C(=O)O)N1CCCCCCC1. The first kappa shape index (κ1) is 12.5. The first-order valence-corrected chi connectivity index (χ1v) is 5.92. The summed E-state index contributed by atoms with van der Waals surface area (Å²) in [5.41, 5.74) is 5.45. The highest BCUT2D eigenvalue weighted by atomic mass is 16.4. The molecule has 0 aromatic rings. The Morgan fingerprint density at radius 3 is 2.20 bits per heavy atom. The van der Waals surface area contributed by atoms with E-state index in [9.17, 15) is 4.79 Å². The van der Waals surface area contributed by atoms with Gasteiger partial charge in [-0.3, -0.25) is 9.69 Å². The molecule has 0 aromatic heterocycles. The van der Waals surface area contributed by atoms with E-state index in [4.69, 9.17) is 10.8 Å². The van der Waals surface area contributed by atoms with Crippen molar-refractivity contribution >= 4 is 5.97 Å². The molecule has 1 aliphatic rings. The number of carboxylic acids is 1. The largest absolute Gasteiger partial charge is 0.480 e. The Balaban J connectivity index is 2.50. The summed E-state index contributed by atoms with van der Waals surface area (Å²) in [4.78, 5) is 13.2. The fraction of sp³-hybridized carbons (Fsp3) is 0.909.